The Bertz CT molecular complexity index is 1040. The molecule has 2 atom stereocenters. The van der Waals surface area contributed by atoms with Gasteiger partial charge in [-0.05, 0) is 50.5 Å². The molecule has 9 nitrogen and oxygen atoms in total. The molecule has 3 aliphatic rings. The fourth-order valence-electron chi connectivity index (χ4n) is 4.45. The lowest BCUT2D eigenvalue weighted by atomic mass is 10.1. The van der Waals surface area contributed by atoms with Crippen molar-refractivity contribution in [2.24, 2.45) is 0 Å². The maximum absolute atomic E-state index is 12.0. The SMILES string of the molecule is CCC1COCCN1c1nc(-c2ccc(NC(=O)NC3CC3)cc2)nc2c1C(C)S(O)(O)C2. The Hall–Kier alpha value is -2.40. The van der Waals surface area contributed by atoms with Crippen LogP contribution >= 0.6 is 10.6 Å². The molecule has 2 aromatic rings. The van der Waals surface area contributed by atoms with Crippen LogP contribution in [0.1, 0.15) is 49.6 Å². The number of carbonyl (C=O) groups excluding carboxylic acids is 1. The summed E-state index contributed by atoms with van der Waals surface area (Å²) in [5.41, 5.74) is 3.05. The zero-order chi connectivity index (χ0) is 23.2. The molecule has 1 aromatic carbocycles. The lowest BCUT2D eigenvalue weighted by Gasteiger charge is -2.38. The van der Waals surface area contributed by atoms with Gasteiger partial charge in [-0.25, -0.2) is 14.8 Å². The molecule has 1 aliphatic carbocycles. The van der Waals surface area contributed by atoms with Gasteiger partial charge in [-0.15, -0.1) is 0 Å². The standard InChI is InChI=1S/C23H31N5O4S/c1-3-18-12-32-11-10-28(18)22-20-14(2)33(30,31)13-19(20)26-21(27-22)15-4-6-16(7-5-15)24-23(29)25-17-8-9-17/h4-7,14,17-18,30-31H,3,8-13H2,1-2H3,(H2,24,25,29). The number of amides is 2. The minimum atomic E-state index is -2.81. The van der Waals surface area contributed by atoms with Crippen molar-refractivity contribution in [1.82, 2.24) is 15.3 Å². The Balaban J connectivity index is 1.47. The highest BCUT2D eigenvalue weighted by Gasteiger charge is 2.40. The molecule has 1 saturated heterocycles. The molecule has 0 spiro atoms. The number of rotatable bonds is 5. The predicted octanol–water partition coefficient (Wildman–Crippen LogP) is 4.37. The van der Waals surface area contributed by atoms with E-state index < -0.39 is 15.8 Å². The number of hydrogen-bond acceptors (Lipinski definition) is 7. The molecule has 10 heteroatoms. The first kappa shape index (κ1) is 22.4. The molecule has 2 amide bonds. The third-order valence-corrected chi connectivity index (χ3v) is 8.68. The first-order valence-electron chi connectivity index (χ1n) is 11.5. The zero-order valence-corrected chi connectivity index (χ0v) is 19.8. The number of anilines is 2. The van der Waals surface area contributed by atoms with E-state index in [0.717, 1.165) is 36.2 Å². The van der Waals surface area contributed by atoms with Crippen molar-refractivity contribution in [3.63, 3.8) is 0 Å². The van der Waals surface area contributed by atoms with E-state index in [4.69, 9.17) is 14.7 Å². The number of nitrogens with one attached hydrogen (secondary N) is 2. The maximum Gasteiger partial charge on any atom is 0.319 e. The van der Waals surface area contributed by atoms with E-state index in [1.54, 1.807) is 0 Å². The molecule has 2 unspecified atom stereocenters. The normalized spacial score (nSPS) is 24.8. The summed E-state index contributed by atoms with van der Waals surface area (Å²) in [6.45, 7) is 5.91. The van der Waals surface area contributed by atoms with Gasteiger partial charge < -0.3 is 20.3 Å². The highest BCUT2D eigenvalue weighted by molar-refractivity contribution is 8.24. The van der Waals surface area contributed by atoms with Crippen molar-refractivity contribution in [3.8, 4) is 11.4 Å². The second kappa shape index (κ2) is 8.75. The molecular weight excluding hydrogens is 442 g/mol. The Morgan fingerprint density at radius 2 is 2.00 bits per heavy atom. The molecule has 5 rings (SSSR count). The molecule has 0 bridgehead atoms. The lowest BCUT2D eigenvalue weighted by Crippen LogP contribution is -2.46. The highest BCUT2D eigenvalue weighted by Crippen LogP contribution is 2.63. The van der Waals surface area contributed by atoms with E-state index in [9.17, 15) is 13.9 Å². The number of nitrogens with zero attached hydrogens (tertiary/aromatic N) is 3. The summed E-state index contributed by atoms with van der Waals surface area (Å²) in [5.74, 6) is 1.47. The van der Waals surface area contributed by atoms with E-state index in [1.807, 2.05) is 31.2 Å². The summed E-state index contributed by atoms with van der Waals surface area (Å²) in [6.07, 6.45) is 2.98. The molecule has 1 saturated carbocycles. The van der Waals surface area contributed by atoms with Gasteiger partial charge in [0.1, 0.15) is 5.82 Å². The third kappa shape index (κ3) is 4.52. The van der Waals surface area contributed by atoms with Crippen molar-refractivity contribution < 1.29 is 18.6 Å². The van der Waals surface area contributed by atoms with Crippen LogP contribution in [-0.2, 0) is 10.5 Å². The minimum absolute atomic E-state index is 0.147. The number of hydrogen-bond donors (Lipinski definition) is 4. The Labute approximate surface area is 195 Å². The number of urea groups is 1. The number of ether oxygens (including phenoxy) is 1. The van der Waals surface area contributed by atoms with Crippen LogP contribution < -0.4 is 15.5 Å². The summed E-state index contributed by atoms with van der Waals surface area (Å²) >= 11 is 0. The smallest absolute Gasteiger partial charge is 0.319 e. The summed E-state index contributed by atoms with van der Waals surface area (Å²) < 4.78 is 27.0. The Morgan fingerprint density at radius 1 is 1.24 bits per heavy atom. The number of benzene rings is 1. The first-order chi connectivity index (χ1) is 15.9. The number of aromatic nitrogens is 2. The summed E-state index contributed by atoms with van der Waals surface area (Å²) in [7, 11) is -2.81. The molecule has 3 heterocycles. The molecule has 2 aliphatic heterocycles. The monoisotopic (exact) mass is 473 g/mol. The molecule has 4 N–H and O–H groups in total. The second-order valence-corrected chi connectivity index (χ2v) is 11.4. The van der Waals surface area contributed by atoms with Gasteiger partial charge in [-0.3, -0.25) is 9.11 Å². The second-order valence-electron chi connectivity index (χ2n) is 9.02. The predicted molar refractivity (Wildman–Crippen MR) is 130 cm³/mol. The van der Waals surface area contributed by atoms with Crippen molar-refractivity contribution in [3.05, 3.63) is 35.5 Å². The Morgan fingerprint density at radius 3 is 2.70 bits per heavy atom. The molecule has 1 aromatic heterocycles. The highest BCUT2D eigenvalue weighted by atomic mass is 32.3. The summed E-state index contributed by atoms with van der Waals surface area (Å²) in [6, 6.07) is 7.70. The number of fused-ring (bicyclic) bond motifs is 1. The average Bonchev–Trinajstić information content (AvgIpc) is 3.58. The van der Waals surface area contributed by atoms with Crippen molar-refractivity contribution in [2.45, 2.75) is 56.2 Å². The van der Waals surface area contributed by atoms with Gasteiger partial charge >= 0.3 is 6.03 Å². The van der Waals surface area contributed by atoms with Gasteiger partial charge in [-0.2, -0.15) is 10.6 Å². The van der Waals surface area contributed by atoms with Gasteiger partial charge in [-0.1, -0.05) is 6.92 Å². The van der Waals surface area contributed by atoms with E-state index in [-0.39, 0.29) is 17.8 Å². The van der Waals surface area contributed by atoms with Crippen LogP contribution in [0.15, 0.2) is 24.3 Å². The molecule has 0 radical (unpaired) electrons. The molecule has 178 valence electrons. The van der Waals surface area contributed by atoms with Crippen molar-refractivity contribution >= 4 is 28.1 Å². The average molecular weight is 474 g/mol. The first-order valence-corrected chi connectivity index (χ1v) is 13.3. The van der Waals surface area contributed by atoms with E-state index >= 15 is 0 Å². The van der Waals surface area contributed by atoms with Gasteiger partial charge in [0.2, 0.25) is 0 Å². The van der Waals surface area contributed by atoms with Gasteiger partial charge in [0, 0.05) is 29.4 Å². The van der Waals surface area contributed by atoms with E-state index in [2.05, 4.69) is 22.5 Å². The topological polar surface area (TPSA) is 120 Å². The quantitative estimate of drug-likeness (QED) is 0.509. The van der Waals surface area contributed by atoms with Crippen LogP contribution in [0.4, 0.5) is 16.3 Å². The van der Waals surface area contributed by atoms with Crippen LogP contribution in [0.3, 0.4) is 0 Å². The summed E-state index contributed by atoms with van der Waals surface area (Å²) in [5, 5.41) is 5.35. The van der Waals surface area contributed by atoms with Crippen LogP contribution in [-0.4, -0.2) is 56.9 Å². The van der Waals surface area contributed by atoms with Gasteiger partial charge in [0.05, 0.1) is 36.0 Å². The largest absolute Gasteiger partial charge is 0.377 e. The fraction of sp³-hybridized carbons (Fsp3) is 0.522. The maximum atomic E-state index is 12.0. The zero-order valence-electron chi connectivity index (χ0n) is 19.0. The number of carbonyl (C=O) groups is 1. The minimum Gasteiger partial charge on any atom is -0.377 e. The fourth-order valence-corrected chi connectivity index (χ4v) is 5.94. The Kier molecular flexibility index (Phi) is 5.94. The molecular formula is C23H31N5O4S. The van der Waals surface area contributed by atoms with Crippen LogP contribution in [0.2, 0.25) is 0 Å². The van der Waals surface area contributed by atoms with Gasteiger partial charge in [0.25, 0.3) is 0 Å². The van der Waals surface area contributed by atoms with Crippen LogP contribution in [0.5, 0.6) is 0 Å². The van der Waals surface area contributed by atoms with Crippen LogP contribution in [0, 0.1) is 0 Å². The van der Waals surface area contributed by atoms with Crippen LogP contribution in [0.25, 0.3) is 11.4 Å². The molecule has 2 fully saturated rings. The van der Waals surface area contributed by atoms with Gasteiger partial charge in [0.15, 0.2) is 5.82 Å². The molecule has 33 heavy (non-hydrogen) atoms. The van der Waals surface area contributed by atoms with Crippen molar-refractivity contribution in [1.29, 1.82) is 0 Å². The summed E-state index contributed by atoms with van der Waals surface area (Å²) in [4.78, 5) is 23.9. The van der Waals surface area contributed by atoms with Crippen molar-refractivity contribution in [2.75, 3.05) is 30.0 Å². The third-order valence-electron chi connectivity index (χ3n) is 6.61. The van der Waals surface area contributed by atoms with E-state index in [1.165, 1.54) is 0 Å². The lowest BCUT2D eigenvalue weighted by molar-refractivity contribution is 0.0924. The number of morpholine rings is 1. The van der Waals surface area contributed by atoms with E-state index in [0.29, 0.717) is 43.0 Å².